The first-order chi connectivity index (χ1) is 10.4. The van der Waals surface area contributed by atoms with Gasteiger partial charge in [-0.3, -0.25) is 0 Å². The van der Waals surface area contributed by atoms with E-state index in [1.165, 1.54) is 22.9 Å². The smallest absolute Gasteiger partial charge is 0.134 e. The molecule has 106 valence electrons. The molecule has 1 aliphatic rings. The van der Waals surface area contributed by atoms with Gasteiger partial charge < -0.3 is 9.73 Å². The maximum Gasteiger partial charge on any atom is 0.134 e. The highest BCUT2D eigenvalue weighted by Gasteiger charge is 2.26. The average molecular weight is 277 g/mol. The molecule has 0 bridgehead atoms. The fraction of sp³-hybridized carbons (Fsp3) is 0.263. The minimum atomic E-state index is 0.538. The van der Waals surface area contributed by atoms with Crippen molar-refractivity contribution in [1.29, 1.82) is 0 Å². The highest BCUT2D eigenvalue weighted by atomic mass is 16.3. The molecule has 21 heavy (non-hydrogen) atoms. The van der Waals surface area contributed by atoms with E-state index in [1.807, 2.05) is 18.4 Å². The highest BCUT2D eigenvalue weighted by molar-refractivity contribution is 5.80. The predicted octanol–water partition coefficient (Wildman–Crippen LogP) is 4.12. The van der Waals surface area contributed by atoms with E-state index in [1.54, 1.807) is 0 Å². The van der Waals surface area contributed by atoms with Crippen molar-refractivity contribution in [3.63, 3.8) is 0 Å². The van der Waals surface area contributed by atoms with Gasteiger partial charge in [0.05, 0.1) is 6.26 Å². The second-order valence-electron chi connectivity index (χ2n) is 5.91. The van der Waals surface area contributed by atoms with Crippen LogP contribution in [0.25, 0.3) is 11.0 Å². The van der Waals surface area contributed by atoms with E-state index in [9.17, 15) is 0 Å². The average Bonchev–Trinajstić information content (AvgIpc) is 3.17. The summed E-state index contributed by atoms with van der Waals surface area (Å²) in [7, 11) is 0. The molecule has 4 rings (SSSR count). The largest absolute Gasteiger partial charge is 0.464 e. The fourth-order valence-electron chi connectivity index (χ4n) is 3.41. The number of fused-ring (bicyclic) bond motifs is 1. The van der Waals surface area contributed by atoms with Crippen molar-refractivity contribution in [2.24, 2.45) is 0 Å². The Balaban J connectivity index is 1.49. The summed E-state index contributed by atoms with van der Waals surface area (Å²) in [4.78, 5) is 0. The Labute approximate surface area is 124 Å². The lowest BCUT2D eigenvalue weighted by Gasteiger charge is -2.10. The molecule has 0 saturated carbocycles. The van der Waals surface area contributed by atoms with Gasteiger partial charge in [0.15, 0.2) is 0 Å². The zero-order valence-electron chi connectivity index (χ0n) is 12.0. The lowest BCUT2D eigenvalue weighted by atomic mass is 9.94. The van der Waals surface area contributed by atoms with E-state index in [0.717, 1.165) is 18.5 Å². The van der Waals surface area contributed by atoms with Crippen LogP contribution < -0.4 is 5.32 Å². The standard InChI is InChI=1S/C19H19NO/c1-2-6-14(7-3-1)15-10-17(20-12-15)11-16-13-21-19-9-5-4-8-18(16)19/h1-9,13,15,17,20H,10-12H2/t15-,17-/m0/s1. The number of rotatable bonds is 3. The summed E-state index contributed by atoms with van der Waals surface area (Å²) >= 11 is 0. The van der Waals surface area contributed by atoms with Crippen LogP contribution in [0.15, 0.2) is 65.3 Å². The maximum atomic E-state index is 5.64. The Morgan fingerprint density at radius 1 is 1.00 bits per heavy atom. The van der Waals surface area contributed by atoms with Gasteiger partial charge in [-0.25, -0.2) is 0 Å². The second kappa shape index (κ2) is 5.38. The minimum Gasteiger partial charge on any atom is -0.464 e. The Hall–Kier alpha value is -2.06. The molecule has 2 atom stereocenters. The van der Waals surface area contributed by atoms with Gasteiger partial charge in [-0.2, -0.15) is 0 Å². The van der Waals surface area contributed by atoms with Gasteiger partial charge in [-0.1, -0.05) is 48.5 Å². The van der Waals surface area contributed by atoms with E-state index >= 15 is 0 Å². The van der Waals surface area contributed by atoms with Crippen LogP contribution >= 0.6 is 0 Å². The quantitative estimate of drug-likeness (QED) is 0.779. The number of para-hydroxylation sites is 1. The molecule has 0 radical (unpaired) electrons. The van der Waals surface area contributed by atoms with Gasteiger partial charge in [-0.15, -0.1) is 0 Å². The highest BCUT2D eigenvalue weighted by Crippen LogP contribution is 2.29. The number of benzene rings is 2. The van der Waals surface area contributed by atoms with Crippen LogP contribution in [0, 0.1) is 0 Å². The third-order valence-electron chi connectivity index (χ3n) is 4.52. The summed E-state index contributed by atoms with van der Waals surface area (Å²) in [5.74, 6) is 0.634. The zero-order valence-corrected chi connectivity index (χ0v) is 12.0. The van der Waals surface area contributed by atoms with Gasteiger partial charge in [-0.05, 0) is 36.0 Å². The van der Waals surface area contributed by atoms with Crippen LogP contribution in [0.1, 0.15) is 23.5 Å². The Bertz CT molecular complexity index is 731. The third kappa shape index (κ3) is 2.47. The Morgan fingerprint density at radius 3 is 2.71 bits per heavy atom. The molecule has 2 aromatic carbocycles. The molecule has 1 saturated heterocycles. The van der Waals surface area contributed by atoms with E-state index < -0.39 is 0 Å². The monoisotopic (exact) mass is 277 g/mol. The van der Waals surface area contributed by atoms with Crippen molar-refractivity contribution in [3.8, 4) is 0 Å². The number of nitrogens with one attached hydrogen (secondary N) is 1. The van der Waals surface area contributed by atoms with Crippen LogP contribution in [-0.2, 0) is 6.42 Å². The molecule has 1 aromatic heterocycles. The van der Waals surface area contributed by atoms with Crippen LogP contribution in [-0.4, -0.2) is 12.6 Å². The van der Waals surface area contributed by atoms with E-state index in [-0.39, 0.29) is 0 Å². The summed E-state index contributed by atoms with van der Waals surface area (Å²) in [5, 5.41) is 4.92. The van der Waals surface area contributed by atoms with Crippen molar-refractivity contribution >= 4 is 11.0 Å². The summed E-state index contributed by atoms with van der Waals surface area (Å²) in [6.07, 6.45) is 4.16. The molecular formula is C19H19NO. The number of hydrogen-bond acceptors (Lipinski definition) is 2. The van der Waals surface area contributed by atoms with Crippen molar-refractivity contribution < 1.29 is 4.42 Å². The molecule has 0 aliphatic carbocycles. The molecule has 0 unspecified atom stereocenters. The zero-order chi connectivity index (χ0) is 14.1. The van der Waals surface area contributed by atoms with Gasteiger partial charge >= 0.3 is 0 Å². The van der Waals surface area contributed by atoms with Crippen LogP contribution in [0.2, 0.25) is 0 Å². The molecule has 3 aromatic rings. The van der Waals surface area contributed by atoms with E-state index in [0.29, 0.717) is 12.0 Å². The van der Waals surface area contributed by atoms with Crippen molar-refractivity contribution in [1.82, 2.24) is 5.32 Å². The number of hydrogen-bond donors (Lipinski definition) is 1. The first-order valence-electron chi connectivity index (χ1n) is 7.63. The summed E-state index contributed by atoms with van der Waals surface area (Å²) < 4.78 is 5.64. The fourth-order valence-corrected chi connectivity index (χ4v) is 3.41. The van der Waals surface area contributed by atoms with Crippen molar-refractivity contribution in [2.75, 3.05) is 6.54 Å². The second-order valence-corrected chi connectivity index (χ2v) is 5.91. The molecule has 0 amide bonds. The van der Waals surface area contributed by atoms with Gasteiger partial charge in [0.2, 0.25) is 0 Å². The van der Waals surface area contributed by atoms with Crippen molar-refractivity contribution in [2.45, 2.75) is 24.8 Å². The molecule has 2 heterocycles. The molecule has 1 N–H and O–H groups in total. The van der Waals surface area contributed by atoms with Crippen LogP contribution in [0.3, 0.4) is 0 Å². The Kier molecular flexibility index (Phi) is 3.24. The first-order valence-corrected chi connectivity index (χ1v) is 7.63. The molecule has 2 heteroatoms. The molecule has 0 spiro atoms. The van der Waals surface area contributed by atoms with Gasteiger partial charge in [0, 0.05) is 18.0 Å². The maximum absolute atomic E-state index is 5.64. The summed E-state index contributed by atoms with van der Waals surface area (Å²) in [6.45, 7) is 1.07. The molecule has 2 nitrogen and oxygen atoms in total. The molecular weight excluding hydrogens is 258 g/mol. The topological polar surface area (TPSA) is 25.2 Å². The van der Waals surface area contributed by atoms with Gasteiger partial charge in [0.1, 0.15) is 5.58 Å². The lowest BCUT2D eigenvalue weighted by Crippen LogP contribution is -2.23. The lowest BCUT2D eigenvalue weighted by molar-refractivity contribution is 0.577. The van der Waals surface area contributed by atoms with Crippen molar-refractivity contribution in [3.05, 3.63) is 72.0 Å². The first kappa shape index (κ1) is 12.7. The number of furan rings is 1. The summed E-state index contributed by atoms with van der Waals surface area (Å²) in [6, 6.07) is 19.6. The van der Waals surface area contributed by atoms with Crippen LogP contribution in [0.4, 0.5) is 0 Å². The van der Waals surface area contributed by atoms with Crippen LogP contribution in [0.5, 0.6) is 0 Å². The van der Waals surface area contributed by atoms with E-state index in [2.05, 4.69) is 47.8 Å². The SMILES string of the molecule is c1ccc([C@@H]2CN[C@H](Cc3coc4ccccc34)C2)cc1. The molecule has 1 fully saturated rings. The molecule has 1 aliphatic heterocycles. The normalized spacial score (nSPS) is 21.9. The minimum absolute atomic E-state index is 0.538. The summed E-state index contributed by atoms with van der Waals surface area (Å²) in [5.41, 5.74) is 3.76. The van der Waals surface area contributed by atoms with E-state index in [4.69, 9.17) is 4.42 Å². The predicted molar refractivity (Wildman–Crippen MR) is 85.5 cm³/mol. The van der Waals surface area contributed by atoms with Gasteiger partial charge in [0.25, 0.3) is 0 Å². The Morgan fingerprint density at radius 2 is 1.81 bits per heavy atom. The third-order valence-corrected chi connectivity index (χ3v) is 4.52.